The Morgan fingerprint density at radius 3 is 2.50 bits per heavy atom. The molecular weight excluding hydrogens is 276 g/mol. The first-order chi connectivity index (χ1) is 10.5. The lowest BCUT2D eigenvalue weighted by atomic mass is 9.88. The average Bonchev–Trinajstić information content (AvgIpc) is 2.48. The minimum atomic E-state index is -0.0534. The van der Waals surface area contributed by atoms with Gasteiger partial charge in [0, 0.05) is 31.8 Å². The van der Waals surface area contributed by atoms with Crippen molar-refractivity contribution in [2.45, 2.75) is 46.5 Å². The highest BCUT2D eigenvalue weighted by atomic mass is 16.2. The molecule has 0 aromatic carbocycles. The van der Waals surface area contributed by atoms with Crippen LogP contribution in [0, 0.1) is 5.92 Å². The molecule has 0 aliphatic carbocycles. The van der Waals surface area contributed by atoms with Gasteiger partial charge in [0.25, 0.3) is 0 Å². The van der Waals surface area contributed by atoms with Crippen LogP contribution in [-0.2, 0) is 9.59 Å². The summed E-state index contributed by atoms with van der Waals surface area (Å²) in [5.74, 6) is 0.0721. The van der Waals surface area contributed by atoms with Crippen LogP contribution in [0.3, 0.4) is 0 Å². The number of allylic oxidation sites excluding steroid dienone is 6. The second-order valence-corrected chi connectivity index (χ2v) is 5.31. The number of aliphatic hydroxyl groups is 1. The van der Waals surface area contributed by atoms with Crippen LogP contribution < -0.4 is 0 Å². The van der Waals surface area contributed by atoms with Gasteiger partial charge in [0.1, 0.15) is 12.1 Å². The molecule has 0 aromatic rings. The molecule has 0 spiro atoms. The third kappa shape index (κ3) is 7.89. The fourth-order valence-corrected chi connectivity index (χ4v) is 2.17. The molecule has 0 fully saturated rings. The molecule has 0 aromatic heterocycles. The molecule has 0 bridgehead atoms. The molecule has 3 nitrogen and oxygen atoms in total. The molecule has 1 atom stereocenters. The van der Waals surface area contributed by atoms with Crippen LogP contribution in [0.5, 0.6) is 0 Å². The molecule has 0 saturated carbocycles. The lowest BCUT2D eigenvalue weighted by Gasteiger charge is -2.17. The van der Waals surface area contributed by atoms with Crippen molar-refractivity contribution in [3.8, 4) is 0 Å². The van der Waals surface area contributed by atoms with Crippen molar-refractivity contribution in [2.24, 2.45) is 5.92 Å². The Bertz CT molecular complexity index is 467. The quantitative estimate of drug-likeness (QED) is 0.357. The predicted octanol–water partition coefficient (Wildman–Crippen LogP) is 3.95. The summed E-state index contributed by atoms with van der Waals surface area (Å²) in [5, 5.41) is 9.02. The van der Waals surface area contributed by atoms with Gasteiger partial charge in [-0.15, -0.1) is 0 Å². The first-order valence-electron chi connectivity index (χ1n) is 7.73. The Hall–Kier alpha value is -1.74. The summed E-state index contributed by atoms with van der Waals surface area (Å²) in [5.41, 5.74) is 2.79. The summed E-state index contributed by atoms with van der Waals surface area (Å²) in [7, 11) is 0. The van der Waals surface area contributed by atoms with Crippen molar-refractivity contribution in [1.82, 2.24) is 0 Å². The standard InChI is InChI=1S/C19H28O3/c1-5-8-17(9-7-11-20)19(15(3)4)14-16(10-12-21)13-18(22)6-2/h5,8-9,12,14,19-20H,3,6-7,10-11,13H2,1-2,4H3/b8-5?,16-14-,17-9?. The number of carbonyl (C=O) groups excluding carboxylic acids is 2. The second-order valence-electron chi connectivity index (χ2n) is 5.31. The van der Waals surface area contributed by atoms with Crippen molar-refractivity contribution < 1.29 is 14.7 Å². The van der Waals surface area contributed by atoms with Crippen LogP contribution in [0.25, 0.3) is 0 Å². The molecule has 0 heterocycles. The molecule has 122 valence electrons. The highest BCUT2D eigenvalue weighted by Gasteiger charge is 2.13. The summed E-state index contributed by atoms with van der Waals surface area (Å²) in [6, 6.07) is 0. The first-order valence-corrected chi connectivity index (χ1v) is 7.73. The van der Waals surface area contributed by atoms with Crippen molar-refractivity contribution in [3.63, 3.8) is 0 Å². The van der Waals surface area contributed by atoms with Crippen LogP contribution in [0.15, 0.2) is 47.6 Å². The van der Waals surface area contributed by atoms with Gasteiger partial charge in [-0.25, -0.2) is 0 Å². The van der Waals surface area contributed by atoms with Crippen LogP contribution in [0.4, 0.5) is 0 Å². The van der Waals surface area contributed by atoms with Gasteiger partial charge in [-0.3, -0.25) is 4.79 Å². The lowest BCUT2D eigenvalue weighted by Crippen LogP contribution is -2.06. The summed E-state index contributed by atoms with van der Waals surface area (Å²) >= 11 is 0. The summed E-state index contributed by atoms with van der Waals surface area (Å²) in [6.07, 6.45) is 10.3. The van der Waals surface area contributed by atoms with Gasteiger partial charge < -0.3 is 9.90 Å². The van der Waals surface area contributed by atoms with Gasteiger partial charge in [0.2, 0.25) is 0 Å². The van der Waals surface area contributed by atoms with E-state index in [-0.39, 0.29) is 24.7 Å². The number of Topliss-reactive ketones (excluding diaryl/α,β-unsaturated/α-hetero) is 1. The maximum absolute atomic E-state index is 11.7. The minimum absolute atomic E-state index is 0.0534. The van der Waals surface area contributed by atoms with E-state index in [9.17, 15) is 9.59 Å². The number of carbonyl (C=O) groups is 2. The zero-order chi connectivity index (χ0) is 17.0. The maximum Gasteiger partial charge on any atom is 0.136 e. The molecule has 22 heavy (non-hydrogen) atoms. The SMILES string of the molecule is C=C(C)C(/C=C(/CC=O)CC(=O)CC)C(C=CC)=CCCO. The van der Waals surface area contributed by atoms with E-state index in [4.69, 9.17) is 5.11 Å². The third-order valence-corrected chi connectivity index (χ3v) is 3.32. The monoisotopic (exact) mass is 304 g/mol. The summed E-state index contributed by atoms with van der Waals surface area (Å²) < 4.78 is 0. The summed E-state index contributed by atoms with van der Waals surface area (Å²) in [6.45, 7) is 9.79. The lowest BCUT2D eigenvalue weighted by molar-refractivity contribution is -0.118. The number of aliphatic hydroxyl groups excluding tert-OH is 1. The van der Waals surface area contributed by atoms with Crippen molar-refractivity contribution in [1.29, 1.82) is 0 Å². The van der Waals surface area contributed by atoms with Gasteiger partial charge in [0.15, 0.2) is 0 Å². The van der Waals surface area contributed by atoms with E-state index < -0.39 is 0 Å². The van der Waals surface area contributed by atoms with E-state index in [0.29, 0.717) is 19.3 Å². The number of hydrogen-bond acceptors (Lipinski definition) is 3. The van der Waals surface area contributed by atoms with Gasteiger partial charge in [0.05, 0.1) is 0 Å². The number of hydrogen-bond donors (Lipinski definition) is 1. The normalized spacial score (nSPS) is 14.2. The Morgan fingerprint density at radius 1 is 1.36 bits per heavy atom. The first kappa shape index (κ1) is 20.3. The Morgan fingerprint density at radius 2 is 2.05 bits per heavy atom. The molecule has 0 amide bonds. The molecular formula is C19H28O3. The van der Waals surface area contributed by atoms with E-state index in [1.165, 1.54) is 0 Å². The largest absolute Gasteiger partial charge is 0.396 e. The molecule has 0 aliphatic rings. The van der Waals surface area contributed by atoms with E-state index in [2.05, 4.69) is 6.58 Å². The zero-order valence-corrected chi connectivity index (χ0v) is 14.0. The highest BCUT2D eigenvalue weighted by Crippen LogP contribution is 2.25. The molecule has 0 saturated heterocycles. The van der Waals surface area contributed by atoms with Crippen LogP contribution in [0.1, 0.15) is 46.5 Å². The fraction of sp³-hybridized carbons (Fsp3) is 0.474. The van der Waals surface area contributed by atoms with Crippen molar-refractivity contribution in [2.75, 3.05) is 6.61 Å². The van der Waals surface area contributed by atoms with Crippen LogP contribution in [0.2, 0.25) is 0 Å². The predicted molar refractivity (Wildman–Crippen MR) is 91.6 cm³/mol. The zero-order valence-electron chi connectivity index (χ0n) is 14.0. The van der Waals surface area contributed by atoms with E-state index in [1.54, 1.807) is 0 Å². The molecule has 1 unspecified atom stereocenters. The Kier molecular flexibility index (Phi) is 10.9. The Labute approximate surface area is 134 Å². The van der Waals surface area contributed by atoms with Gasteiger partial charge in [-0.1, -0.05) is 49.0 Å². The van der Waals surface area contributed by atoms with Gasteiger partial charge >= 0.3 is 0 Å². The summed E-state index contributed by atoms with van der Waals surface area (Å²) in [4.78, 5) is 22.5. The van der Waals surface area contributed by atoms with Crippen molar-refractivity contribution >= 4 is 12.1 Å². The number of aldehydes is 1. The number of ketones is 1. The van der Waals surface area contributed by atoms with Gasteiger partial charge in [-0.05, 0) is 25.8 Å². The topological polar surface area (TPSA) is 54.4 Å². The molecule has 1 N–H and O–H groups in total. The van der Waals surface area contributed by atoms with E-state index in [0.717, 1.165) is 23.0 Å². The molecule has 0 rings (SSSR count). The molecule has 0 radical (unpaired) electrons. The van der Waals surface area contributed by atoms with E-state index in [1.807, 2.05) is 45.1 Å². The third-order valence-electron chi connectivity index (χ3n) is 3.32. The van der Waals surface area contributed by atoms with Crippen molar-refractivity contribution in [3.05, 3.63) is 47.6 Å². The van der Waals surface area contributed by atoms with Crippen LogP contribution in [-0.4, -0.2) is 23.8 Å². The van der Waals surface area contributed by atoms with E-state index >= 15 is 0 Å². The smallest absolute Gasteiger partial charge is 0.136 e. The average molecular weight is 304 g/mol. The maximum atomic E-state index is 11.7. The highest BCUT2D eigenvalue weighted by molar-refractivity contribution is 5.81. The molecule has 0 aliphatic heterocycles. The number of rotatable bonds is 11. The molecule has 3 heteroatoms. The minimum Gasteiger partial charge on any atom is -0.396 e. The Balaban J connectivity index is 5.57. The van der Waals surface area contributed by atoms with Crippen LogP contribution >= 0.6 is 0 Å². The van der Waals surface area contributed by atoms with Gasteiger partial charge in [-0.2, -0.15) is 0 Å². The second kappa shape index (κ2) is 11.9. The fourth-order valence-electron chi connectivity index (χ4n) is 2.17.